The minimum atomic E-state index is -0.458. The van der Waals surface area contributed by atoms with Crippen LogP contribution in [0.5, 0.6) is 5.75 Å². The molecule has 1 aliphatic rings. The van der Waals surface area contributed by atoms with E-state index in [4.69, 9.17) is 4.74 Å². The van der Waals surface area contributed by atoms with Crippen molar-refractivity contribution in [3.63, 3.8) is 0 Å². The summed E-state index contributed by atoms with van der Waals surface area (Å²) in [5, 5.41) is 18.1. The molecule has 0 fully saturated rings. The number of hydrogen-bond donors (Lipinski definition) is 2. The summed E-state index contributed by atoms with van der Waals surface area (Å²) in [5.74, 6) is 1.10. The maximum atomic E-state index is 13.3. The number of tetrazole rings is 1. The third kappa shape index (κ3) is 4.64. The normalized spacial score (nSPS) is 15.2. The number of aromatic nitrogens is 4. The number of fused-ring (bicyclic) bond motifs is 1. The van der Waals surface area contributed by atoms with E-state index < -0.39 is 6.04 Å². The lowest BCUT2D eigenvalue weighted by molar-refractivity contribution is -0.113. The van der Waals surface area contributed by atoms with Gasteiger partial charge in [0.1, 0.15) is 11.8 Å². The van der Waals surface area contributed by atoms with Crippen molar-refractivity contribution in [2.24, 2.45) is 0 Å². The Morgan fingerprint density at radius 3 is 2.56 bits per heavy atom. The minimum absolute atomic E-state index is 0.204. The van der Waals surface area contributed by atoms with Gasteiger partial charge in [0.15, 0.2) is 0 Å². The SMILES string of the molecule is CCCCCOc1ccc(C2C(C(=O)Nc3ccc(C)cc3)=C(C)Nc3nnnn32)cc1. The number of carbonyl (C=O) groups excluding carboxylic acids is 1. The number of hydrogen-bond acceptors (Lipinski definition) is 6. The van der Waals surface area contributed by atoms with Crippen LogP contribution in [0, 0.1) is 6.92 Å². The molecule has 3 aromatic rings. The molecule has 0 saturated carbocycles. The van der Waals surface area contributed by atoms with Gasteiger partial charge >= 0.3 is 0 Å². The molecule has 1 amide bonds. The van der Waals surface area contributed by atoms with Gasteiger partial charge in [0.25, 0.3) is 5.91 Å². The highest BCUT2D eigenvalue weighted by atomic mass is 16.5. The molecule has 32 heavy (non-hydrogen) atoms. The molecular formula is C24H28N6O2. The first-order valence-electron chi connectivity index (χ1n) is 10.9. The summed E-state index contributed by atoms with van der Waals surface area (Å²) < 4.78 is 7.47. The van der Waals surface area contributed by atoms with E-state index in [9.17, 15) is 4.79 Å². The predicted molar refractivity (Wildman–Crippen MR) is 124 cm³/mol. The van der Waals surface area contributed by atoms with Gasteiger partial charge in [0.2, 0.25) is 5.95 Å². The molecular weight excluding hydrogens is 404 g/mol. The number of nitrogens with one attached hydrogen (secondary N) is 2. The molecule has 166 valence electrons. The highest BCUT2D eigenvalue weighted by molar-refractivity contribution is 6.06. The molecule has 8 heteroatoms. The summed E-state index contributed by atoms with van der Waals surface area (Å²) in [4.78, 5) is 13.3. The topological polar surface area (TPSA) is 94.0 Å². The van der Waals surface area contributed by atoms with Gasteiger partial charge in [-0.15, -0.1) is 0 Å². The minimum Gasteiger partial charge on any atom is -0.494 e. The molecule has 2 N–H and O–H groups in total. The van der Waals surface area contributed by atoms with Gasteiger partial charge in [-0.1, -0.05) is 54.7 Å². The number of aryl methyl sites for hydroxylation is 1. The fraction of sp³-hybridized carbons (Fsp3) is 0.333. The first-order valence-corrected chi connectivity index (χ1v) is 10.9. The van der Waals surface area contributed by atoms with Crippen molar-refractivity contribution < 1.29 is 9.53 Å². The Morgan fingerprint density at radius 1 is 1.09 bits per heavy atom. The average molecular weight is 433 g/mol. The zero-order valence-electron chi connectivity index (χ0n) is 18.6. The Morgan fingerprint density at radius 2 is 1.84 bits per heavy atom. The fourth-order valence-electron chi connectivity index (χ4n) is 3.74. The van der Waals surface area contributed by atoms with Crippen molar-refractivity contribution in [1.82, 2.24) is 20.2 Å². The number of unbranched alkanes of at least 4 members (excludes halogenated alkanes) is 2. The molecule has 0 bridgehead atoms. The summed E-state index contributed by atoms with van der Waals surface area (Å²) in [5.41, 5.74) is 4.03. The van der Waals surface area contributed by atoms with Crippen LogP contribution in [0.25, 0.3) is 0 Å². The molecule has 2 aromatic carbocycles. The first kappa shape index (κ1) is 21.5. The molecule has 1 aliphatic heterocycles. The second kappa shape index (κ2) is 9.64. The maximum absolute atomic E-state index is 13.3. The van der Waals surface area contributed by atoms with E-state index in [0.29, 0.717) is 23.8 Å². The van der Waals surface area contributed by atoms with E-state index in [-0.39, 0.29) is 5.91 Å². The lowest BCUT2D eigenvalue weighted by Crippen LogP contribution is -2.31. The van der Waals surface area contributed by atoms with Gasteiger partial charge in [-0.05, 0) is 60.5 Å². The van der Waals surface area contributed by atoms with E-state index in [1.165, 1.54) is 0 Å². The average Bonchev–Trinajstić information content (AvgIpc) is 3.26. The van der Waals surface area contributed by atoms with Crippen LogP contribution in [-0.4, -0.2) is 32.7 Å². The van der Waals surface area contributed by atoms with Crippen LogP contribution in [0.15, 0.2) is 59.8 Å². The monoisotopic (exact) mass is 432 g/mol. The quantitative estimate of drug-likeness (QED) is 0.510. The van der Waals surface area contributed by atoms with E-state index in [1.807, 2.05) is 62.4 Å². The van der Waals surface area contributed by atoms with Crippen LogP contribution in [0.1, 0.15) is 50.3 Å². The van der Waals surface area contributed by atoms with E-state index in [2.05, 4.69) is 33.1 Å². The van der Waals surface area contributed by atoms with E-state index in [1.54, 1.807) is 4.68 Å². The molecule has 1 aromatic heterocycles. The summed E-state index contributed by atoms with van der Waals surface area (Å²) in [6.07, 6.45) is 3.34. The van der Waals surface area contributed by atoms with Crippen LogP contribution in [0.4, 0.5) is 11.6 Å². The van der Waals surface area contributed by atoms with Gasteiger partial charge in [-0.3, -0.25) is 4.79 Å². The molecule has 0 aliphatic carbocycles. The lowest BCUT2D eigenvalue weighted by Gasteiger charge is -2.28. The molecule has 1 unspecified atom stereocenters. The largest absolute Gasteiger partial charge is 0.494 e. The van der Waals surface area contributed by atoms with E-state index in [0.717, 1.165) is 41.8 Å². The van der Waals surface area contributed by atoms with Crippen molar-refractivity contribution in [3.8, 4) is 5.75 Å². The predicted octanol–water partition coefficient (Wildman–Crippen LogP) is 4.48. The van der Waals surface area contributed by atoms with Crippen molar-refractivity contribution >= 4 is 17.5 Å². The molecule has 0 spiro atoms. The summed E-state index contributed by atoms with van der Waals surface area (Å²) >= 11 is 0. The molecule has 2 heterocycles. The number of ether oxygens (including phenoxy) is 1. The van der Waals surface area contributed by atoms with Crippen molar-refractivity contribution in [1.29, 1.82) is 0 Å². The Balaban J connectivity index is 1.60. The third-order valence-electron chi connectivity index (χ3n) is 5.48. The van der Waals surface area contributed by atoms with E-state index >= 15 is 0 Å². The number of anilines is 2. The third-order valence-corrected chi connectivity index (χ3v) is 5.48. The molecule has 8 nitrogen and oxygen atoms in total. The van der Waals surface area contributed by atoms with Gasteiger partial charge in [0.05, 0.1) is 12.2 Å². The molecule has 0 saturated heterocycles. The number of carbonyl (C=O) groups is 1. The zero-order chi connectivity index (χ0) is 22.5. The van der Waals surface area contributed by atoms with Gasteiger partial charge in [-0.2, -0.15) is 4.68 Å². The van der Waals surface area contributed by atoms with Gasteiger partial charge in [-0.25, -0.2) is 0 Å². The molecule has 0 radical (unpaired) electrons. The van der Waals surface area contributed by atoms with Crippen LogP contribution in [0.3, 0.4) is 0 Å². The summed E-state index contributed by atoms with van der Waals surface area (Å²) in [7, 11) is 0. The van der Waals surface area contributed by atoms with Crippen LogP contribution < -0.4 is 15.4 Å². The van der Waals surface area contributed by atoms with Crippen molar-refractivity contribution in [2.45, 2.75) is 46.1 Å². The highest BCUT2D eigenvalue weighted by Crippen LogP contribution is 2.35. The Bertz CT molecular complexity index is 1100. The number of benzene rings is 2. The number of allylic oxidation sites excluding steroid dienone is 1. The number of rotatable bonds is 8. The van der Waals surface area contributed by atoms with Crippen LogP contribution in [-0.2, 0) is 4.79 Å². The number of amides is 1. The van der Waals surface area contributed by atoms with Gasteiger partial charge < -0.3 is 15.4 Å². The fourth-order valence-corrected chi connectivity index (χ4v) is 3.74. The van der Waals surface area contributed by atoms with Crippen molar-refractivity contribution in [2.75, 3.05) is 17.2 Å². The second-order valence-corrected chi connectivity index (χ2v) is 7.96. The Kier molecular flexibility index (Phi) is 6.49. The number of nitrogens with zero attached hydrogens (tertiary/aromatic N) is 4. The standard InChI is InChI=1S/C24H28N6O2/c1-4-5-6-15-32-20-13-9-18(10-14-20)22-21(17(3)25-24-27-28-29-30(22)24)23(31)26-19-11-7-16(2)8-12-19/h7-14,22H,4-6,15H2,1-3H3,(H,26,31)(H,25,27,29). The summed E-state index contributed by atoms with van der Waals surface area (Å²) in [6, 6.07) is 15.0. The molecule has 4 rings (SSSR count). The van der Waals surface area contributed by atoms with Crippen LogP contribution in [0.2, 0.25) is 0 Å². The van der Waals surface area contributed by atoms with Gasteiger partial charge in [0, 0.05) is 11.4 Å². The highest BCUT2D eigenvalue weighted by Gasteiger charge is 2.34. The Labute approximate surface area is 187 Å². The lowest BCUT2D eigenvalue weighted by atomic mass is 9.95. The molecule has 1 atom stereocenters. The summed E-state index contributed by atoms with van der Waals surface area (Å²) in [6.45, 7) is 6.74. The van der Waals surface area contributed by atoms with Crippen LogP contribution >= 0.6 is 0 Å². The smallest absolute Gasteiger partial charge is 0.255 e. The maximum Gasteiger partial charge on any atom is 0.255 e. The first-order chi connectivity index (χ1) is 15.6. The zero-order valence-corrected chi connectivity index (χ0v) is 18.6. The Hall–Kier alpha value is -3.68. The second-order valence-electron chi connectivity index (χ2n) is 7.96. The van der Waals surface area contributed by atoms with Crippen molar-refractivity contribution in [3.05, 3.63) is 70.9 Å².